The van der Waals surface area contributed by atoms with Gasteiger partial charge in [0.15, 0.2) is 11.5 Å². The van der Waals surface area contributed by atoms with E-state index < -0.39 is 28.8 Å². The van der Waals surface area contributed by atoms with Crippen LogP contribution in [0.25, 0.3) is 0 Å². The lowest BCUT2D eigenvalue weighted by molar-refractivity contribution is -0.139. The molecule has 3 heterocycles. The fraction of sp³-hybridized carbons (Fsp3) is 0.267. The molecule has 1 atom stereocenters. The minimum Gasteiger partial charge on any atom is -0.481 e. The fourth-order valence-electron chi connectivity index (χ4n) is 5.11. The van der Waals surface area contributed by atoms with Crippen molar-refractivity contribution in [2.24, 2.45) is 7.05 Å². The molecule has 1 aliphatic carbocycles. The number of hydrogen-bond acceptors (Lipinski definition) is 7. The number of fused-ring (bicyclic) bond motifs is 1. The van der Waals surface area contributed by atoms with E-state index in [2.05, 4.69) is 10.1 Å². The standard InChI is InChI=1S/C30H26ClFN4O5/c1-35-16-20(14-34-35)27(37)19-11-23-26(24(32)12-19)30(41-17-29(39)9-10-29,21-4-6-22(31)7-5-21)36(28(23)38)15-18-3-8-25(40-2)33-13-18/h3-8,11-14,16,39H,9-10,15,17H2,1-2H3. The number of aryl methyl sites for hydroxylation is 1. The number of carbonyl (C=O) groups excluding carboxylic acids is 2. The summed E-state index contributed by atoms with van der Waals surface area (Å²) in [5.41, 5.74) is -1.58. The van der Waals surface area contributed by atoms with Crippen molar-refractivity contribution in [3.05, 3.63) is 111 Å². The number of ether oxygens (including phenoxy) is 2. The SMILES string of the molecule is COc1ccc(CN2C(=O)c3cc(C(=O)c4cnn(C)c4)cc(F)c3C2(OCC2(O)CC2)c2ccc(Cl)cc2)cn1. The highest BCUT2D eigenvalue weighted by molar-refractivity contribution is 6.30. The van der Waals surface area contributed by atoms with Gasteiger partial charge in [0.25, 0.3) is 5.91 Å². The maximum atomic E-state index is 16.4. The number of pyridine rings is 1. The van der Waals surface area contributed by atoms with Crippen LogP contribution in [-0.4, -0.2) is 55.8 Å². The number of aliphatic hydroxyl groups is 1. The number of rotatable bonds is 9. The third-order valence-corrected chi connectivity index (χ3v) is 7.73. The third-order valence-electron chi connectivity index (χ3n) is 7.47. The molecule has 1 aliphatic heterocycles. The molecule has 2 aromatic carbocycles. The van der Waals surface area contributed by atoms with Gasteiger partial charge in [-0.1, -0.05) is 29.8 Å². The van der Waals surface area contributed by atoms with Crippen LogP contribution in [0.5, 0.6) is 5.88 Å². The van der Waals surface area contributed by atoms with Crippen LogP contribution in [0.1, 0.15) is 55.8 Å². The summed E-state index contributed by atoms with van der Waals surface area (Å²) in [4.78, 5) is 33.1. The third kappa shape index (κ3) is 4.77. The summed E-state index contributed by atoms with van der Waals surface area (Å²) in [6.07, 6.45) is 5.51. The highest BCUT2D eigenvalue weighted by atomic mass is 35.5. The van der Waals surface area contributed by atoms with Crippen LogP contribution in [0.4, 0.5) is 4.39 Å². The smallest absolute Gasteiger partial charge is 0.257 e. The minimum atomic E-state index is -1.77. The van der Waals surface area contributed by atoms with Crippen LogP contribution in [0.2, 0.25) is 5.02 Å². The maximum Gasteiger partial charge on any atom is 0.257 e. The first kappa shape index (κ1) is 27.1. The van der Waals surface area contributed by atoms with Crippen LogP contribution in [0, 0.1) is 5.82 Å². The molecule has 6 rings (SSSR count). The summed E-state index contributed by atoms with van der Waals surface area (Å²) in [6.45, 7) is -0.160. The second-order valence-electron chi connectivity index (χ2n) is 10.4. The number of amides is 1. The highest BCUT2D eigenvalue weighted by Crippen LogP contribution is 2.49. The Morgan fingerprint density at radius 1 is 1.12 bits per heavy atom. The second kappa shape index (κ2) is 10.1. The Morgan fingerprint density at radius 2 is 1.88 bits per heavy atom. The van der Waals surface area contributed by atoms with E-state index in [1.165, 1.54) is 35.2 Å². The van der Waals surface area contributed by atoms with E-state index in [0.29, 0.717) is 34.9 Å². The van der Waals surface area contributed by atoms with Gasteiger partial charge in [-0.25, -0.2) is 9.37 Å². The largest absolute Gasteiger partial charge is 0.481 e. The second-order valence-corrected chi connectivity index (χ2v) is 10.8. The monoisotopic (exact) mass is 576 g/mol. The van der Waals surface area contributed by atoms with Gasteiger partial charge in [-0.05, 0) is 42.7 Å². The number of hydrogen-bond donors (Lipinski definition) is 1. The van der Waals surface area contributed by atoms with Gasteiger partial charge in [0, 0.05) is 41.7 Å². The summed E-state index contributed by atoms with van der Waals surface area (Å²) in [6, 6.07) is 12.5. The lowest BCUT2D eigenvalue weighted by atomic mass is 9.90. The molecular weight excluding hydrogens is 551 g/mol. The van der Waals surface area contributed by atoms with E-state index in [9.17, 15) is 14.7 Å². The van der Waals surface area contributed by atoms with Gasteiger partial charge in [0.1, 0.15) is 5.82 Å². The van der Waals surface area contributed by atoms with Crippen molar-refractivity contribution < 1.29 is 28.6 Å². The minimum absolute atomic E-state index is 0.00129. The predicted molar refractivity (Wildman–Crippen MR) is 146 cm³/mol. The Kier molecular flexibility index (Phi) is 6.64. The Balaban J connectivity index is 1.53. The average molecular weight is 577 g/mol. The van der Waals surface area contributed by atoms with E-state index >= 15 is 4.39 Å². The topological polar surface area (TPSA) is 107 Å². The van der Waals surface area contributed by atoms with Gasteiger partial charge in [-0.3, -0.25) is 19.2 Å². The molecule has 210 valence electrons. The van der Waals surface area contributed by atoms with E-state index in [-0.39, 0.29) is 35.4 Å². The van der Waals surface area contributed by atoms with E-state index in [4.69, 9.17) is 21.1 Å². The molecule has 1 saturated carbocycles. The molecule has 1 amide bonds. The molecule has 2 aromatic heterocycles. The van der Waals surface area contributed by atoms with Crippen molar-refractivity contribution in [1.82, 2.24) is 19.7 Å². The van der Waals surface area contributed by atoms with Gasteiger partial charge >= 0.3 is 0 Å². The summed E-state index contributed by atoms with van der Waals surface area (Å²) in [5, 5.41) is 15.2. The molecule has 0 spiro atoms. The number of halogens is 2. The van der Waals surface area contributed by atoms with Crippen LogP contribution in [-0.2, 0) is 24.1 Å². The Bertz CT molecular complexity index is 1650. The lowest BCUT2D eigenvalue weighted by Crippen LogP contribution is -2.48. The van der Waals surface area contributed by atoms with Crippen molar-refractivity contribution >= 4 is 23.3 Å². The zero-order chi connectivity index (χ0) is 28.9. The van der Waals surface area contributed by atoms with Gasteiger partial charge in [0.2, 0.25) is 5.88 Å². The number of benzene rings is 2. The Hall–Kier alpha value is -4.12. The van der Waals surface area contributed by atoms with Crippen LogP contribution in [0.15, 0.2) is 67.1 Å². The maximum absolute atomic E-state index is 16.4. The molecule has 1 fully saturated rings. The Morgan fingerprint density at radius 3 is 2.49 bits per heavy atom. The van der Waals surface area contributed by atoms with Crippen LogP contribution < -0.4 is 4.74 Å². The van der Waals surface area contributed by atoms with Gasteiger partial charge in [-0.15, -0.1) is 0 Å². The number of nitrogens with zero attached hydrogens (tertiary/aromatic N) is 4. The first-order valence-corrected chi connectivity index (χ1v) is 13.3. The van der Waals surface area contributed by atoms with Crippen molar-refractivity contribution in [1.29, 1.82) is 0 Å². The zero-order valence-corrected chi connectivity index (χ0v) is 23.1. The summed E-state index contributed by atoms with van der Waals surface area (Å²) >= 11 is 6.19. The first-order chi connectivity index (χ1) is 19.6. The van der Waals surface area contributed by atoms with Crippen LogP contribution >= 0.6 is 11.6 Å². The summed E-state index contributed by atoms with van der Waals surface area (Å²) in [5.74, 6) is -1.43. The Labute approximate surface area is 240 Å². The molecule has 9 nitrogen and oxygen atoms in total. The van der Waals surface area contributed by atoms with Gasteiger partial charge in [-0.2, -0.15) is 5.10 Å². The molecule has 0 saturated heterocycles. The van der Waals surface area contributed by atoms with Gasteiger partial charge < -0.3 is 14.6 Å². The summed E-state index contributed by atoms with van der Waals surface area (Å²) < 4.78 is 29.5. The molecule has 0 bridgehead atoms. The van der Waals surface area contributed by atoms with E-state index in [1.54, 1.807) is 49.6 Å². The molecule has 4 aromatic rings. The van der Waals surface area contributed by atoms with Crippen molar-refractivity contribution in [3.63, 3.8) is 0 Å². The highest BCUT2D eigenvalue weighted by Gasteiger charge is 2.56. The molecule has 41 heavy (non-hydrogen) atoms. The predicted octanol–water partition coefficient (Wildman–Crippen LogP) is 4.25. The number of aromatic nitrogens is 3. The molecule has 0 radical (unpaired) electrons. The first-order valence-electron chi connectivity index (χ1n) is 12.9. The molecule has 11 heteroatoms. The van der Waals surface area contributed by atoms with E-state index in [0.717, 1.165) is 6.07 Å². The quantitative estimate of drug-likeness (QED) is 0.297. The van der Waals surface area contributed by atoms with E-state index in [1.807, 2.05) is 0 Å². The average Bonchev–Trinajstić information content (AvgIpc) is 3.46. The lowest BCUT2D eigenvalue weighted by Gasteiger charge is -2.40. The molecule has 1 N–H and O–H groups in total. The van der Waals surface area contributed by atoms with Gasteiger partial charge in [0.05, 0.1) is 48.7 Å². The number of ketones is 1. The number of methoxy groups -OCH3 is 1. The molecule has 1 unspecified atom stereocenters. The summed E-state index contributed by atoms with van der Waals surface area (Å²) in [7, 11) is 3.17. The normalized spacial score (nSPS) is 18.9. The van der Waals surface area contributed by atoms with Crippen molar-refractivity contribution in [2.45, 2.75) is 30.7 Å². The van der Waals surface area contributed by atoms with Crippen molar-refractivity contribution in [2.75, 3.05) is 13.7 Å². The molecule has 2 aliphatic rings. The number of carbonyl (C=O) groups is 2. The molecular formula is C30H26ClFN4O5. The fourth-order valence-corrected chi connectivity index (χ4v) is 5.23. The van der Waals surface area contributed by atoms with Crippen LogP contribution in [0.3, 0.4) is 0 Å². The van der Waals surface area contributed by atoms with Crippen molar-refractivity contribution in [3.8, 4) is 5.88 Å². The zero-order valence-electron chi connectivity index (χ0n) is 22.3.